The molecule has 3 rings (SSSR count). The molecule has 0 aliphatic carbocycles. The second kappa shape index (κ2) is 4.09. The molecule has 19 heavy (non-hydrogen) atoms. The first-order chi connectivity index (χ1) is 9.16. The summed E-state index contributed by atoms with van der Waals surface area (Å²) in [6, 6.07) is 11.8. The molecule has 0 bridgehead atoms. The smallest absolute Gasteiger partial charge is 0.270 e. The topological polar surface area (TPSA) is 86.5 Å². The first-order valence-electron chi connectivity index (χ1n) is 5.64. The number of hydrogen-bond donors (Lipinski definition) is 1. The minimum Gasteiger partial charge on any atom is -0.383 e. The maximum absolute atomic E-state index is 10.8. The fraction of sp³-hybridized carbons (Fsp3) is 0. The molecule has 0 amide bonds. The SMILES string of the molecule is Nc1c(-c2cccc([N+](=O)[O-])c2)nc2ccccn12. The number of anilines is 1. The summed E-state index contributed by atoms with van der Waals surface area (Å²) in [5.74, 6) is 0.469. The van der Waals surface area contributed by atoms with Gasteiger partial charge in [-0.15, -0.1) is 0 Å². The van der Waals surface area contributed by atoms with Crippen LogP contribution >= 0.6 is 0 Å². The van der Waals surface area contributed by atoms with Crippen LogP contribution in [0.4, 0.5) is 11.5 Å². The van der Waals surface area contributed by atoms with E-state index in [1.165, 1.54) is 12.1 Å². The van der Waals surface area contributed by atoms with Gasteiger partial charge in [0.25, 0.3) is 5.69 Å². The van der Waals surface area contributed by atoms with Gasteiger partial charge in [-0.2, -0.15) is 0 Å². The summed E-state index contributed by atoms with van der Waals surface area (Å²) in [7, 11) is 0. The molecule has 0 atom stereocenters. The maximum Gasteiger partial charge on any atom is 0.270 e. The Morgan fingerprint density at radius 2 is 2.05 bits per heavy atom. The normalized spacial score (nSPS) is 10.7. The predicted molar refractivity (Wildman–Crippen MR) is 71.7 cm³/mol. The van der Waals surface area contributed by atoms with Crippen LogP contribution in [0.5, 0.6) is 0 Å². The van der Waals surface area contributed by atoms with Crippen molar-refractivity contribution < 1.29 is 4.92 Å². The number of aromatic nitrogens is 2. The molecule has 2 N–H and O–H groups in total. The quantitative estimate of drug-likeness (QED) is 0.562. The van der Waals surface area contributed by atoms with Gasteiger partial charge in [-0.3, -0.25) is 14.5 Å². The van der Waals surface area contributed by atoms with Gasteiger partial charge < -0.3 is 5.73 Å². The Balaban J connectivity index is 2.21. The number of nitro benzene ring substituents is 1. The highest BCUT2D eigenvalue weighted by Gasteiger charge is 2.13. The van der Waals surface area contributed by atoms with Gasteiger partial charge in [0, 0.05) is 23.9 Å². The first kappa shape index (κ1) is 11.2. The third-order valence-corrected chi connectivity index (χ3v) is 2.90. The van der Waals surface area contributed by atoms with Crippen molar-refractivity contribution in [1.82, 2.24) is 9.38 Å². The van der Waals surface area contributed by atoms with Crippen molar-refractivity contribution >= 4 is 17.2 Å². The number of nitrogen functional groups attached to an aromatic ring is 1. The third-order valence-electron chi connectivity index (χ3n) is 2.90. The summed E-state index contributed by atoms with van der Waals surface area (Å²) in [5.41, 5.74) is 7.95. The molecule has 0 unspecified atom stereocenters. The number of nitro groups is 1. The molecule has 94 valence electrons. The number of nitrogens with two attached hydrogens (primary N) is 1. The van der Waals surface area contributed by atoms with Crippen LogP contribution < -0.4 is 5.73 Å². The second-order valence-corrected chi connectivity index (χ2v) is 4.08. The van der Waals surface area contributed by atoms with Gasteiger partial charge >= 0.3 is 0 Å². The minimum atomic E-state index is -0.435. The van der Waals surface area contributed by atoms with E-state index in [0.29, 0.717) is 22.7 Å². The average Bonchev–Trinajstić information content (AvgIpc) is 2.77. The third kappa shape index (κ3) is 1.79. The van der Waals surface area contributed by atoms with E-state index < -0.39 is 4.92 Å². The van der Waals surface area contributed by atoms with Gasteiger partial charge in [0.2, 0.25) is 0 Å². The minimum absolute atomic E-state index is 0.0222. The lowest BCUT2D eigenvalue weighted by Crippen LogP contribution is -1.94. The van der Waals surface area contributed by atoms with E-state index in [4.69, 9.17) is 5.73 Å². The molecule has 0 aliphatic heterocycles. The molecule has 0 fully saturated rings. The van der Waals surface area contributed by atoms with Crippen LogP contribution in [0.1, 0.15) is 0 Å². The number of benzene rings is 1. The molecule has 0 saturated carbocycles. The molecule has 0 aliphatic rings. The molecule has 2 aromatic heterocycles. The molecule has 6 heteroatoms. The molecule has 2 heterocycles. The summed E-state index contributed by atoms with van der Waals surface area (Å²) in [6.07, 6.45) is 1.80. The Morgan fingerprint density at radius 3 is 2.79 bits per heavy atom. The number of rotatable bonds is 2. The van der Waals surface area contributed by atoms with E-state index in [-0.39, 0.29) is 5.69 Å². The highest BCUT2D eigenvalue weighted by molar-refractivity contribution is 5.76. The van der Waals surface area contributed by atoms with Crippen molar-refractivity contribution in [2.75, 3.05) is 5.73 Å². The van der Waals surface area contributed by atoms with Crippen LogP contribution in [0.3, 0.4) is 0 Å². The number of non-ortho nitro benzene ring substituents is 1. The van der Waals surface area contributed by atoms with E-state index >= 15 is 0 Å². The summed E-state index contributed by atoms with van der Waals surface area (Å²) in [6.45, 7) is 0. The summed E-state index contributed by atoms with van der Waals surface area (Å²) in [5, 5.41) is 10.8. The molecular formula is C13H10N4O2. The summed E-state index contributed by atoms with van der Waals surface area (Å²) < 4.78 is 1.74. The standard InChI is InChI=1S/C13H10N4O2/c14-13-12(15-11-6-1-2-7-16(11)13)9-4-3-5-10(8-9)17(18)19/h1-8H,14H2. The Hall–Kier alpha value is -2.89. The number of pyridine rings is 1. The molecule has 0 spiro atoms. The van der Waals surface area contributed by atoms with Crippen LogP contribution in [0.2, 0.25) is 0 Å². The highest BCUT2D eigenvalue weighted by atomic mass is 16.6. The van der Waals surface area contributed by atoms with E-state index in [1.54, 1.807) is 22.7 Å². The van der Waals surface area contributed by atoms with Crippen molar-refractivity contribution in [3.05, 3.63) is 58.8 Å². The highest BCUT2D eigenvalue weighted by Crippen LogP contribution is 2.28. The monoisotopic (exact) mass is 254 g/mol. The van der Waals surface area contributed by atoms with Crippen molar-refractivity contribution in [1.29, 1.82) is 0 Å². The largest absolute Gasteiger partial charge is 0.383 e. The second-order valence-electron chi connectivity index (χ2n) is 4.08. The lowest BCUT2D eigenvalue weighted by atomic mass is 10.1. The Morgan fingerprint density at radius 1 is 1.21 bits per heavy atom. The fourth-order valence-corrected chi connectivity index (χ4v) is 1.99. The van der Waals surface area contributed by atoms with E-state index in [0.717, 1.165) is 0 Å². The van der Waals surface area contributed by atoms with Gasteiger partial charge in [-0.1, -0.05) is 18.2 Å². The summed E-state index contributed by atoms with van der Waals surface area (Å²) >= 11 is 0. The van der Waals surface area contributed by atoms with E-state index in [9.17, 15) is 10.1 Å². The van der Waals surface area contributed by atoms with Crippen molar-refractivity contribution in [3.63, 3.8) is 0 Å². The molecule has 0 saturated heterocycles. The number of imidazole rings is 1. The van der Waals surface area contributed by atoms with E-state index in [2.05, 4.69) is 4.98 Å². The number of fused-ring (bicyclic) bond motifs is 1. The van der Waals surface area contributed by atoms with Gasteiger partial charge in [-0.05, 0) is 12.1 Å². The Labute approximate surface area is 108 Å². The zero-order valence-corrected chi connectivity index (χ0v) is 9.85. The average molecular weight is 254 g/mol. The zero-order chi connectivity index (χ0) is 13.4. The number of nitrogens with zero attached hydrogens (tertiary/aromatic N) is 3. The lowest BCUT2D eigenvalue weighted by molar-refractivity contribution is -0.384. The van der Waals surface area contributed by atoms with Crippen LogP contribution in [0, 0.1) is 10.1 Å². The molecular weight excluding hydrogens is 244 g/mol. The van der Waals surface area contributed by atoms with Crippen LogP contribution in [0.15, 0.2) is 48.7 Å². The first-order valence-corrected chi connectivity index (χ1v) is 5.64. The van der Waals surface area contributed by atoms with Gasteiger partial charge in [0.05, 0.1) is 4.92 Å². The van der Waals surface area contributed by atoms with Gasteiger partial charge in [0.1, 0.15) is 17.2 Å². The van der Waals surface area contributed by atoms with E-state index in [1.807, 2.05) is 18.2 Å². The van der Waals surface area contributed by atoms with Gasteiger partial charge in [-0.25, -0.2) is 4.98 Å². The Kier molecular flexibility index (Phi) is 2.42. The summed E-state index contributed by atoms with van der Waals surface area (Å²) in [4.78, 5) is 14.8. The van der Waals surface area contributed by atoms with Crippen molar-refractivity contribution in [2.24, 2.45) is 0 Å². The Bertz CT molecular complexity index is 779. The molecule has 3 aromatic rings. The van der Waals surface area contributed by atoms with Crippen LogP contribution in [-0.2, 0) is 0 Å². The van der Waals surface area contributed by atoms with Crippen molar-refractivity contribution in [2.45, 2.75) is 0 Å². The number of hydrogen-bond acceptors (Lipinski definition) is 4. The maximum atomic E-state index is 10.8. The van der Waals surface area contributed by atoms with Gasteiger partial charge in [0.15, 0.2) is 0 Å². The molecule has 6 nitrogen and oxygen atoms in total. The fourth-order valence-electron chi connectivity index (χ4n) is 1.99. The predicted octanol–water partition coefficient (Wildman–Crippen LogP) is 2.49. The van der Waals surface area contributed by atoms with Crippen LogP contribution in [-0.4, -0.2) is 14.3 Å². The molecule has 0 radical (unpaired) electrons. The van der Waals surface area contributed by atoms with Crippen molar-refractivity contribution in [3.8, 4) is 11.3 Å². The molecule has 1 aromatic carbocycles. The van der Waals surface area contributed by atoms with Crippen LogP contribution in [0.25, 0.3) is 16.9 Å². The zero-order valence-electron chi connectivity index (χ0n) is 9.85. The lowest BCUT2D eigenvalue weighted by Gasteiger charge is -1.99.